The lowest BCUT2D eigenvalue weighted by Gasteiger charge is -2.10. The molecule has 25 heavy (non-hydrogen) atoms. The van der Waals surface area contributed by atoms with Gasteiger partial charge in [-0.1, -0.05) is 6.07 Å². The SMILES string of the molecule is CCNC(=NCCc1nc(C(F)(F)F)cs1)NCCc1ccccn1. The fourth-order valence-electron chi connectivity index (χ4n) is 2.02. The van der Waals surface area contributed by atoms with Crippen molar-refractivity contribution in [2.45, 2.75) is 25.9 Å². The number of hydrogen-bond acceptors (Lipinski definition) is 4. The molecule has 0 aromatic carbocycles. The van der Waals surface area contributed by atoms with E-state index in [4.69, 9.17) is 0 Å². The highest BCUT2D eigenvalue weighted by atomic mass is 32.1. The third-order valence-corrected chi connectivity index (χ3v) is 4.09. The molecule has 0 radical (unpaired) electrons. The van der Waals surface area contributed by atoms with Crippen molar-refractivity contribution in [2.75, 3.05) is 19.6 Å². The first-order valence-electron chi connectivity index (χ1n) is 7.92. The topological polar surface area (TPSA) is 62.2 Å². The van der Waals surface area contributed by atoms with Crippen LogP contribution >= 0.6 is 11.3 Å². The maximum absolute atomic E-state index is 12.5. The van der Waals surface area contributed by atoms with Gasteiger partial charge in [-0.3, -0.25) is 9.98 Å². The molecular weight excluding hydrogens is 351 g/mol. The highest BCUT2D eigenvalue weighted by Gasteiger charge is 2.33. The number of halogens is 3. The van der Waals surface area contributed by atoms with Gasteiger partial charge in [0.25, 0.3) is 0 Å². The molecule has 9 heteroatoms. The van der Waals surface area contributed by atoms with Crippen LogP contribution in [-0.4, -0.2) is 35.6 Å². The summed E-state index contributed by atoms with van der Waals surface area (Å²) in [7, 11) is 0. The summed E-state index contributed by atoms with van der Waals surface area (Å²) in [4.78, 5) is 12.2. The molecule has 0 fully saturated rings. The smallest absolute Gasteiger partial charge is 0.357 e. The van der Waals surface area contributed by atoms with E-state index in [1.54, 1.807) is 6.20 Å². The Balaban J connectivity index is 1.81. The highest BCUT2D eigenvalue weighted by molar-refractivity contribution is 7.09. The van der Waals surface area contributed by atoms with Gasteiger partial charge in [-0.2, -0.15) is 13.2 Å². The molecule has 5 nitrogen and oxygen atoms in total. The Morgan fingerprint density at radius 3 is 2.72 bits per heavy atom. The zero-order valence-corrected chi connectivity index (χ0v) is 14.6. The summed E-state index contributed by atoms with van der Waals surface area (Å²) in [5, 5.41) is 7.76. The molecule has 0 bridgehead atoms. The molecule has 0 spiro atoms. The Hall–Kier alpha value is -2.16. The Kier molecular flexibility index (Phi) is 7.17. The lowest BCUT2D eigenvalue weighted by atomic mass is 10.3. The van der Waals surface area contributed by atoms with Gasteiger partial charge >= 0.3 is 6.18 Å². The number of pyridine rings is 1. The number of rotatable bonds is 7. The minimum Gasteiger partial charge on any atom is -0.357 e. The van der Waals surface area contributed by atoms with Crippen LogP contribution in [0.1, 0.15) is 23.3 Å². The zero-order valence-electron chi connectivity index (χ0n) is 13.8. The first kappa shape index (κ1) is 19.2. The molecule has 0 saturated carbocycles. The van der Waals surface area contributed by atoms with Gasteiger partial charge in [-0.15, -0.1) is 11.3 Å². The first-order valence-corrected chi connectivity index (χ1v) is 8.80. The van der Waals surface area contributed by atoms with Crippen LogP contribution in [-0.2, 0) is 19.0 Å². The molecule has 2 rings (SSSR count). The van der Waals surface area contributed by atoms with Crippen molar-refractivity contribution in [3.8, 4) is 0 Å². The van der Waals surface area contributed by atoms with E-state index in [-0.39, 0.29) is 0 Å². The van der Waals surface area contributed by atoms with Crippen LogP contribution in [0.5, 0.6) is 0 Å². The average Bonchev–Trinajstić information content (AvgIpc) is 3.05. The fourth-order valence-corrected chi connectivity index (χ4v) is 2.81. The number of aliphatic imine (C=N–C) groups is 1. The van der Waals surface area contributed by atoms with Gasteiger partial charge in [0.05, 0.1) is 5.01 Å². The number of aromatic nitrogens is 2. The van der Waals surface area contributed by atoms with Crippen LogP contribution in [0.15, 0.2) is 34.8 Å². The van der Waals surface area contributed by atoms with Gasteiger partial charge in [0.2, 0.25) is 0 Å². The number of nitrogens with one attached hydrogen (secondary N) is 2. The van der Waals surface area contributed by atoms with Gasteiger partial charge < -0.3 is 10.6 Å². The number of nitrogens with zero attached hydrogens (tertiary/aromatic N) is 3. The van der Waals surface area contributed by atoms with Crippen molar-refractivity contribution in [1.82, 2.24) is 20.6 Å². The standard InChI is InChI=1S/C16H20F3N5S/c1-2-20-15(22-9-6-12-5-3-4-8-21-12)23-10-7-14-24-13(11-25-14)16(17,18)19/h3-5,8,11H,2,6-7,9-10H2,1H3,(H2,20,22,23). The molecular formula is C16H20F3N5S. The molecule has 2 aromatic rings. The molecule has 2 N–H and O–H groups in total. The molecule has 136 valence electrons. The monoisotopic (exact) mass is 371 g/mol. The summed E-state index contributed by atoms with van der Waals surface area (Å²) in [5.74, 6) is 0.631. The summed E-state index contributed by atoms with van der Waals surface area (Å²) < 4.78 is 37.6. The molecule has 0 aliphatic carbocycles. The maximum atomic E-state index is 12.5. The molecule has 0 amide bonds. The molecule has 0 aliphatic rings. The Morgan fingerprint density at radius 1 is 1.24 bits per heavy atom. The summed E-state index contributed by atoms with van der Waals surface area (Å²) in [6.07, 6.45) is -1.51. The van der Waals surface area contributed by atoms with Gasteiger partial charge in [-0.05, 0) is 19.1 Å². The van der Waals surface area contributed by atoms with E-state index >= 15 is 0 Å². The molecule has 0 unspecified atom stereocenters. The van der Waals surface area contributed by atoms with Gasteiger partial charge in [-0.25, -0.2) is 4.98 Å². The average molecular weight is 371 g/mol. The van der Waals surface area contributed by atoms with E-state index in [1.165, 1.54) is 0 Å². The Morgan fingerprint density at radius 2 is 2.08 bits per heavy atom. The normalized spacial score (nSPS) is 12.2. The third-order valence-electron chi connectivity index (χ3n) is 3.18. The number of alkyl halides is 3. The van der Waals surface area contributed by atoms with Crippen LogP contribution in [0.25, 0.3) is 0 Å². The summed E-state index contributed by atoms with van der Waals surface area (Å²) in [6.45, 7) is 3.68. The number of thiazole rings is 1. The van der Waals surface area contributed by atoms with Crippen molar-refractivity contribution in [3.05, 3.63) is 46.2 Å². The van der Waals surface area contributed by atoms with Crippen LogP contribution in [0.2, 0.25) is 0 Å². The second kappa shape index (κ2) is 9.36. The zero-order chi connectivity index (χ0) is 18.1. The van der Waals surface area contributed by atoms with E-state index in [9.17, 15) is 13.2 Å². The van der Waals surface area contributed by atoms with Crippen LogP contribution < -0.4 is 10.6 Å². The van der Waals surface area contributed by atoms with Gasteiger partial charge in [0.15, 0.2) is 11.7 Å². The van der Waals surface area contributed by atoms with Crippen molar-refractivity contribution in [2.24, 2.45) is 4.99 Å². The molecule has 2 heterocycles. The van der Waals surface area contributed by atoms with Gasteiger partial charge in [0, 0.05) is 49.7 Å². The molecule has 2 aromatic heterocycles. The summed E-state index contributed by atoms with van der Waals surface area (Å²) >= 11 is 1.01. The third kappa shape index (κ3) is 6.69. The lowest BCUT2D eigenvalue weighted by Crippen LogP contribution is -2.38. The lowest BCUT2D eigenvalue weighted by molar-refractivity contribution is -0.140. The quantitative estimate of drug-likeness (QED) is 0.580. The second-order valence-corrected chi connectivity index (χ2v) is 6.08. The second-order valence-electron chi connectivity index (χ2n) is 5.13. The fraction of sp³-hybridized carbons (Fsp3) is 0.438. The maximum Gasteiger partial charge on any atom is 0.434 e. The molecule has 0 atom stereocenters. The number of guanidine groups is 1. The Labute approximate surface area is 148 Å². The van der Waals surface area contributed by atoms with Crippen LogP contribution in [0.3, 0.4) is 0 Å². The largest absolute Gasteiger partial charge is 0.434 e. The Bertz CT molecular complexity index is 670. The molecule has 0 saturated heterocycles. The predicted octanol–water partition coefficient (Wildman–Crippen LogP) is 2.90. The predicted molar refractivity (Wildman–Crippen MR) is 92.7 cm³/mol. The minimum atomic E-state index is -4.39. The van der Waals surface area contributed by atoms with E-state index in [0.717, 1.165) is 28.8 Å². The van der Waals surface area contributed by atoms with Crippen molar-refractivity contribution < 1.29 is 13.2 Å². The van der Waals surface area contributed by atoms with Crippen LogP contribution in [0.4, 0.5) is 13.2 Å². The van der Waals surface area contributed by atoms with Crippen molar-refractivity contribution >= 4 is 17.3 Å². The first-order chi connectivity index (χ1) is 12.0. The van der Waals surface area contributed by atoms with E-state index in [2.05, 4.69) is 25.6 Å². The van der Waals surface area contributed by atoms with E-state index in [1.807, 2.05) is 25.1 Å². The minimum absolute atomic E-state index is 0.365. The number of hydrogen-bond donors (Lipinski definition) is 2. The van der Waals surface area contributed by atoms with Crippen LogP contribution in [0, 0.1) is 0 Å². The highest BCUT2D eigenvalue weighted by Crippen LogP contribution is 2.30. The van der Waals surface area contributed by atoms with Crippen molar-refractivity contribution in [1.29, 1.82) is 0 Å². The van der Waals surface area contributed by atoms with E-state index < -0.39 is 11.9 Å². The summed E-state index contributed by atoms with van der Waals surface area (Å²) in [6, 6.07) is 5.75. The summed E-state index contributed by atoms with van der Waals surface area (Å²) in [5.41, 5.74) is 0.144. The van der Waals surface area contributed by atoms with Gasteiger partial charge in [0.1, 0.15) is 0 Å². The van der Waals surface area contributed by atoms with Crippen molar-refractivity contribution in [3.63, 3.8) is 0 Å². The molecule has 0 aliphatic heterocycles. The van der Waals surface area contributed by atoms with E-state index in [0.29, 0.717) is 37.0 Å².